The van der Waals surface area contributed by atoms with E-state index in [1.807, 2.05) is 18.2 Å². The van der Waals surface area contributed by atoms with Gasteiger partial charge in [-0.15, -0.1) is 0 Å². The predicted octanol–water partition coefficient (Wildman–Crippen LogP) is 3.46. The lowest BCUT2D eigenvalue weighted by molar-refractivity contribution is -0.144. The number of esters is 1. The van der Waals surface area contributed by atoms with E-state index in [1.54, 1.807) is 42.5 Å². The predicted molar refractivity (Wildman–Crippen MR) is 86.4 cm³/mol. The third-order valence-electron chi connectivity index (χ3n) is 3.98. The lowest BCUT2D eigenvalue weighted by Crippen LogP contribution is -2.42. The van der Waals surface area contributed by atoms with Crippen LogP contribution in [0.25, 0.3) is 0 Å². The first-order valence-corrected chi connectivity index (χ1v) is 7.94. The molecule has 0 amide bonds. The Labute approximate surface area is 144 Å². The fourth-order valence-electron chi connectivity index (χ4n) is 2.53. The van der Waals surface area contributed by atoms with Crippen LogP contribution in [-0.2, 0) is 20.8 Å². The van der Waals surface area contributed by atoms with Crippen molar-refractivity contribution in [1.82, 2.24) is 0 Å². The number of ether oxygens (including phenoxy) is 3. The van der Waals surface area contributed by atoms with Gasteiger partial charge >= 0.3 is 11.9 Å². The second-order valence-corrected chi connectivity index (χ2v) is 5.75. The highest BCUT2D eigenvalue weighted by atomic mass is 19.3. The van der Waals surface area contributed by atoms with E-state index in [9.17, 15) is 13.6 Å². The Morgan fingerprint density at radius 2 is 1.72 bits per heavy atom. The molecule has 0 radical (unpaired) electrons. The molecule has 1 saturated heterocycles. The zero-order valence-corrected chi connectivity index (χ0v) is 13.4. The molecular weight excluding hydrogens is 330 g/mol. The maximum Gasteiger partial charge on any atom is 0.338 e. The van der Waals surface area contributed by atoms with Crippen LogP contribution in [0.3, 0.4) is 0 Å². The Morgan fingerprint density at radius 3 is 2.40 bits per heavy atom. The molecule has 6 heteroatoms. The summed E-state index contributed by atoms with van der Waals surface area (Å²) in [6.45, 7) is -0.694. The maximum atomic E-state index is 14.4. The van der Waals surface area contributed by atoms with E-state index in [4.69, 9.17) is 14.2 Å². The van der Waals surface area contributed by atoms with Crippen molar-refractivity contribution in [2.75, 3.05) is 13.2 Å². The van der Waals surface area contributed by atoms with E-state index >= 15 is 0 Å². The Bertz CT molecular complexity index is 691. The molecule has 2 atom stereocenters. The normalized spacial score (nSPS) is 21.8. The summed E-state index contributed by atoms with van der Waals surface area (Å²) in [5.41, 5.74) is 1.11. The van der Waals surface area contributed by atoms with Gasteiger partial charge in [-0.2, -0.15) is 0 Å². The molecule has 25 heavy (non-hydrogen) atoms. The maximum absolute atomic E-state index is 14.4. The lowest BCUT2D eigenvalue weighted by atomic mass is 10.1. The van der Waals surface area contributed by atoms with Gasteiger partial charge < -0.3 is 14.2 Å². The summed E-state index contributed by atoms with van der Waals surface area (Å²) in [6, 6.07) is 17.3. The largest absolute Gasteiger partial charge is 0.459 e. The summed E-state index contributed by atoms with van der Waals surface area (Å²) < 4.78 is 44.1. The van der Waals surface area contributed by atoms with E-state index in [0.29, 0.717) is 5.56 Å². The van der Waals surface area contributed by atoms with Gasteiger partial charge in [-0.1, -0.05) is 48.5 Å². The number of benzene rings is 2. The monoisotopic (exact) mass is 348 g/mol. The molecule has 1 fully saturated rings. The van der Waals surface area contributed by atoms with Crippen LogP contribution in [0.1, 0.15) is 15.9 Å². The third-order valence-corrected chi connectivity index (χ3v) is 3.98. The zero-order valence-electron chi connectivity index (χ0n) is 13.4. The molecule has 1 aliphatic rings. The topological polar surface area (TPSA) is 44.8 Å². The number of carbonyl (C=O) groups is 1. The zero-order chi connectivity index (χ0) is 17.7. The molecule has 0 unspecified atom stereocenters. The number of hydrogen-bond acceptors (Lipinski definition) is 4. The van der Waals surface area contributed by atoms with Crippen LogP contribution in [0, 0.1) is 0 Å². The van der Waals surface area contributed by atoms with Gasteiger partial charge in [0.2, 0.25) is 0 Å². The molecule has 0 spiro atoms. The first-order valence-electron chi connectivity index (χ1n) is 7.94. The highest BCUT2D eigenvalue weighted by molar-refractivity contribution is 5.89. The summed E-state index contributed by atoms with van der Waals surface area (Å²) in [4.78, 5) is 11.9. The Morgan fingerprint density at radius 1 is 1.08 bits per heavy atom. The molecule has 4 nitrogen and oxygen atoms in total. The summed E-state index contributed by atoms with van der Waals surface area (Å²) in [7, 11) is 0. The molecule has 132 valence electrons. The lowest BCUT2D eigenvalue weighted by Gasteiger charge is -2.22. The molecule has 0 bridgehead atoms. The van der Waals surface area contributed by atoms with Gasteiger partial charge in [0.15, 0.2) is 6.10 Å². The first-order chi connectivity index (χ1) is 12.1. The molecule has 2 aromatic carbocycles. The van der Waals surface area contributed by atoms with Gasteiger partial charge in [-0.25, -0.2) is 13.6 Å². The number of hydrogen-bond donors (Lipinski definition) is 0. The van der Waals surface area contributed by atoms with Crippen molar-refractivity contribution in [3.63, 3.8) is 0 Å². The minimum Gasteiger partial charge on any atom is -0.459 e. The van der Waals surface area contributed by atoms with E-state index < -0.39 is 30.7 Å². The second kappa shape index (κ2) is 7.72. The van der Waals surface area contributed by atoms with E-state index in [0.717, 1.165) is 5.56 Å². The van der Waals surface area contributed by atoms with Crippen LogP contribution < -0.4 is 0 Å². The molecule has 1 heterocycles. The quantitative estimate of drug-likeness (QED) is 0.750. The highest BCUT2D eigenvalue weighted by Gasteiger charge is 2.55. The van der Waals surface area contributed by atoms with Crippen LogP contribution >= 0.6 is 0 Å². The second-order valence-electron chi connectivity index (χ2n) is 5.75. The standard InChI is InChI=1S/C19H18F2O4/c20-19(21)16(23-11-14-7-3-1-4-8-14)12-24-17(19)13-25-18(22)15-9-5-2-6-10-15/h1-10,16-17H,11-13H2/t16-,17+/m0/s1. The number of rotatable bonds is 6. The minimum atomic E-state index is -3.23. The number of halogens is 2. The van der Waals surface area contributed by atoms with Crippen LogP contribution in [0.5, 0.6) is 0 Å². The van der Waals surface area contributed by atoms with Crippen LogP contribution in [0.15, 0.2) is 60.7 Å². The van der Waals surface area contributed by atoms with Crippen molar-refractivity contribution >= 4 is 5.97 Å². The van der Waals surface area contributed by atoms with E-state index in [2.05, 4.69) is 0 Å². The van der Waals surface area contributed by atoms with Crippen molar-refractivity contribution in [2.24, 2.45) is 0 Å². The molecule has 2 aromatic rings. The Hall–Kier alpha value is -2.31. The minimum absolute atomic E-state index is 0.0704. The van der Waals surface area contributed by atoms with Gasteiger partial charge in [-0.05, 0) is 17.7 Å². The summed E-state index contributed by atoms with van der Waals surface area (Å²) >= 11 is 0. The fourth-order valence-corrected chi connectivity index (χ4v) is 2.53. The number of carbonyl (C=O) groups excluding carboxylic acids is 1. The summed E-state index contributed by atoms with van der Waals surface area (Å²) in [5.74, 6) is -3.89. The molecule has 0 N–H and O–H groups in total. The van der Waals surface area contributed by atoms with Crippen LogP contribution in [-0.4, -0.2) is 37.3 Å². The first kappa shape index (κ1) is 17.5. The summed E-state index contributed by atoms with van der Waals surface area (Å²) in [5, 5.41) is 0. The van der Waals surface area contributed by atoms with Gasteiger partial charge in [0.25, 0.3) is 0 Å². The molecule has 0 aromatic heterocycles. The Kier molecular flexibility index (Phi) is 5.40. The van der Waals surface area contributed by atoms with E-state index in [1.165, 1.54) is 0 Å². The van der Waals surface area contributed by atoms with Crippen molar-refractivity contribution in [3.8, 4) is 0 Å². The molecule has 0 saturated carbocycles. The van der Waals surface area contributed by atoms with Crippen LogP contribution in [0.2, 0.25) is 0 Å². The number of alkyl halides is 2. The smallest absolute Gasteiger partial charge is 0.338 e. The Balaban J connectivity index is 1.52. The van der Waals surface area contributed by atoms with Gasteiger partial charge in [-0.3, -0.25) is 0 Å². The van der Waals surface area contributed by atoms with Gasteiger partial charge in [0, 0.05) is 0 Å². The van der Waals surface area contributed by atoms with Crippen LogP contribution in [0.4, 0.5) is 8.78 Å². The van der Waals surface area contributed by atoms with Gasteiger partial charge in [0.1, 0.15) is 12.7 Å². The average Bonchev–Trinajstić information content (AvgIpc) is 2.93. The summed E-state index contributed by atoms with van der Waals surface area (Å²) in [6.07, 6.45) is -2.88. The molecule has 1 aliphatic heterocycles. The van der Waals surface area contributed by atoms with Crippen molar-refractivity contribution in [3.05, 3.63) is 71.8 Å². The molecule has 0 aliphatic carbocycles. The third kappa shape index (κ3) is 4.21. The fraction of sp³-hybridized carbons (Fsp3) is 0.316. The average molecular weight is 348 g/mol. The van der Waals surface area contributed by atoms with Crippen molar-refractivity contribution in [1.29, 1.82) is 0 Å². The van der Waals surface area contributed by atoms with Crippen molar-refractivity contribution in [2.45, 2.75) is 24.7 Å². The molecule has 3 rings (SSSR count). The molecular formula is C19H18F2O4. The SMILES string of the molecule is O=C(OC[C@H]1OC[C@H](OCc2ccccc2)C1(F)F)c1ccccc1. The van der Waals surface area contributed by atoms with Crippen molar-refractivity contribution < 1.29 is 27.8 Å². The highest BCUT2D eigenvalue weighted by Crippen LogP contribution is 2.35. The van der Waals surface area contributed by atoms with E-state index in [-0.39, 0.29) is 13.2 Å². The van der Waals surface area contributed by atoms with Gasteiger partial charge in [0.05, 0.1) is 18.8 Å².